The van der Waals surface area contributed by atoms with E-state index in [1.807, 2.05) is 30.3 Å². The average molecular weight is 379 g/mol. The normalized spacial score (nSPS) is 17.4. The molecule has 132 valence electrons. The number of aromatic nitrogens is 1. The third kappa shape index (κ3) is 4.51. The lowest BCUT2D eigenvalue weighted by Gasteiger charge is -2.37. The van der Waals surface area contributed by atoms with Crippen LogP contribution in [0.15, 0.2) is 42.6 Å². The van der Waals surface area contributed by atoms with E-state index in [1.165, 1.54) is 0 Å². The van der Waals surface area contributed by atoms with Crippen molar-refractivity contribution in [2.75, 3.05) is 13.1 Å². The van der Waals surface area contributed by atoms with Gasteiger partial charge >= 0.3 is 5.97 Å². The molecule has 3 rings (SSSR count). The van der Waals surface area contributed by atoms with E-state index in [2.05, 4.69) is 9.88 Å². The highest BCUT2D eigenvalue weighted by Gasteiger charge is 2.30. The number of carbonyl (C=O) groups is 1. The van der Waals surface area contributed by atoms with E-state index in [4.69, 9.17) is 23.2 Å². The van der Waals surface area contributed by atoms with Crippen molar-refractivity contribution in [1.82, 2.24) is 9.88 Å². The van der Waals surface area contributed by atoms with Crippen LogP contribution >= 0.6 is 23.2 Å². The summed E-state index contributed by atoms with van der Waals surface area (Å²) >= 11 is 12.5. The Morgan fingerprint density at radius 2 is 2.00 bits per heavy atom. The molecule has 0 amide bonds. The maximum atomic E-state index is 11.2. The molecule has 2 heterocycles. The van der Waals surface area contributed by atoms with Gasteiger partial charge in [-0.25, -0.2) is 0 Å². The van der Waals surface area contributed by atoms with Gasteiger partial charge in [0.25, 0.3) is 0 Å². The Kier molecular flexibility index (Phi) is 5.94. The maximum Gasteiger partial charge on any atom is 0.306 e. The molecule has 1 aliphatic rings. The molecule has 1 saturated heterocycles. The van der Waals surface area contributed by atoms with Gasteiger partial charge in [0.2, 0.25) is 0 Å². The zero-order valence-electron chi connectivity index (χ0n) is 13.7. The van der Waals surface area contributed by atoms with E-state index in [9.17, 15) is 9.90 Å². The van der Waals surface area contributed by atoms with E-state index in [1.54, 1.807) is 12.3 Å². The quantitative estimate of drug-likeness (QED) is 0.833. The van der Waals surface area contributed by atoms with E-state index < -0.39 is 5.97 Å². The van der Waals surface area contributed by atoms with Crippen LogP contribution in [0.5, 0.6) is 0 Å². The molecule has 0 radical (unpaired) electrons. The topological polar surface area (TPSA) is 53.4 Å². The van der Waals surface area contributed by atoms with Crippen LogP contribution in [0.4, 0.5) is 0 Å². The van der Waals surface area contributed by atoms with E-state index in [-0.39, 0.29) is 12.0 Å². The van der Waals surface area contributed by atoms with Crippen molar-refractivity contribution in [3.8, 4) is 0 Å². The number of benzene rings is 1. The SMILES string of the molecule is O=C(O)C1CCN(C(Cc2ccccn2)c2ccc(Cl)cc2Cl)CC1. The van der Waals surface area contributed by atoms with Crippen LogP contribution in [0.25, 0.3) is 0 Å². The van der Waals surface area contributed by atoms with Crippen LogP contribution in [-0.4, -0.2) is 34.0 Å². The number of hydrogen-bond acceptors (Lipinski definition) is 3. The summed E-state index contributed by atoms with van der Waals surface area (Å²) in [5, 5.41) is 10.5. The van der Waals surface area contributed by atoms with Gasteiger partial charge in [0, 0.05) is 34.4 Å². The Labute approximate surface area is 157 Å². The predicted octanol–water partition coefficient (Wildman–Crippen LogP) is 4.47. The number of nitrogens with zero attached hydrogens (tertiary/aromatic N) is 2. The summed E-state index contributed by atoms with van der Waals surface area (Å²) in [7, 11) is 0. The number of aliphatic carboxylic acids is 1. The lowest BCUT2D eigenvalue weighted by molar-refractivity contribution is -0.143. The summed E-state index contributed by atoms with van der Waals surface area (Å²) in [6, 6.07) is 11.5. The van der Waals surface area contributed by atoms with Crippen LogP contribution in [-0.2, 0) is 11.2 Å². The molecule has 1 fully saturated rings. The lowest BCUT2D eigenvalue weighted by Crippen LogP contribution is -2.39. The summed E-state index contributed by atoms with van der Waals surface area (Å²) in [4.78, 5) is 18.0. The van der Waals surface area contributed by atoms with Crippen LogP contribution in [0.3, 0.4) is 0 Å². The van der Waals surface area contributed by atoms with Gasteiger partial charge in [0.1, 0.15) is 0 Å². The summed E-state index contributed by atoms with van der Waals surface area (Å²) in [6.45, 7) is 1.46. The third-order valence-electron chi connectivity index (χ3n) is 4.77. The summed E-state index contributed by atoms with van der Waals surface area (Å²) in [5.41, 5.74) is 1.99. The van der Waals surface area contributed by atoms with Crippen LogP contribution in [0.2, 0.25) is 10.0 Å². The molecule has 1 unspecified atom stereocenters. The molecule has 2 aromatic rings. The van der Waals surface area contributed by atoms with E-state index >= 15 is 0 Å². The maximum absolute atomic E-state index is 11.2. The Bertz CT molecular complexity index is 731. The lowest BCUT2D eigenvalue weighted by atomic mass is 9.92. The van der Waals surface area contributed by atoms with Crippen LogP contribution in [0, 0.1) is 5.92 Å². The summed E-state index contributed by atoms with van der Waals surface area (Å²) < 4.78 is 0. The molecule has 0 aliphatic carbocycles. The van der Waals surface area contributed by atoms with E-state index in [0.29, 0.717) is 22.9 Å². The first-order chi connectivity index (χ1) is 12.0. The van der Waals surface area contributed by atoms with Crippen molar-refractivity contribution < 1.29 is 9.90 Å². The second kappa shape index (κ2) is 8.17. The van der Waals surface area contributed by atoms with Crippen molar-refractivity contribution in [2.24, 2.45) is 5.92 Å². The fourth-order valence-corrected chi connectivity index (χ4v) is 3.92. The van der Waals surface area contributed by atoms with Crippen molar-refractivity contribution in [2.45, 2.75) is 25.3 Å². The first-order valence-corrected chi connectivity index (χ1v) is 9.12. The van der Waals surface area contributed by atoms with Gasteiger partial charge in [-0.15, -0.1) is 0 Å². The number of hydrogen-bond donors (Lipinski definition) is 1. The molecule has 0 bridgehead atoms. The summed E-state index contributed by atoms with van der Waals surface area (Å²) in [5.74, 6) is -0.960. The van der Waals surface area contributed by atoms with Crippen LogP contribution < -0.4 is 0 Å². The zero-order chi connectivity index (χ0) is 17.8. The average Bonchev–Trinajstić information content (AvgIpc) is 2.61. The highest BCUT2D eigenvalue weighted by Crippen LogP contribution is 2.34. The molecule has 4 nitrogen and oxygen atoms in total. The number of piperidine rings is 1. The van der Waals surface area contributed by atoms with Gasteiger partial charge in [0.15, 0.2) is 0 Å². The van der Waals surface area contributed by atoms with Crippen molar-refractivity contribution >= 4 is 29.2 Å². The Hall–Kier alpha value is -1.62. The van der Waals surface area contributed by atoms with Gasteiger partial charge in [-0.3, -0.25) is 14.7 Å². The van der Waals surface area contributed by atoms with Gasteiger partial charge in [-0.1, -0.05) is 35.3 Å². The minimum Gasteiger partial charge on any atom is -0.481 e. The summed E-state index contributed by atoms with van der Waals surface area (Å²) in [6.07, 6.45) is 3.81. The number of pyridine rings is 1. The number of halogens is 2. The molecule has 0 saturated carbocycles. The molecule has 0 spiro atoms. The van der Waals surface area contributed by atoms with Crippen molar-refractivity contribution in [1.29, 1.82) is 0 Å². The molecule has 1 aromatic heterocycles. The largest absolute Gasteiger partial charge is 0.481 e. The minimum absolute atomic E-state index is 0.0504. The number of likely N-dealkylation sites (tertiary alicyclic amines) is 1. The van der Waals surface area contributed by atoms with E-state index in [0.717, 1.165) is 30.8 Å². The molecule has 1 aliphatic heterocycles. The van der Waals surface area contributed by atoms with Gasteiger partial charge in [-0.05, 0) is 55.8 Å². The van der Waals surface area contributed by atoms with Gasteiger partial charge < -0.3 is 5.11 Å². The molecule has 6 heteroatoms. The molecular formula is C19H20Cl2N2O2. The molecule has 1 aromatic carbocycles. The zero-order valence-corrected chi connectivity index (χ0v) is 15.2. The second-order valence-electron chi connectivity index (χ2n) is 6.36. The first-order valence-electron chi connectivity index (χ1n) is 8.36. The fourth-order valence-electron chi connectivity index (χ4n) is 3.38. The fraction of sp³-hybridized carbons (Fsp3) is 0.368. The number of rotatable bonds is 5. The highest BCUT2D eigenvalue weighted by atomic mass is 35.5. The third-order valence-corrected chi connectivity index (χ3v) is 5.33. The van der Waals surface area contributed by atoms with Crippen molar-refractivity contribution in [3.05, 3.63) is 63.9 Å². The van der Waals surface area contributed by atoms with Gasteiger partial charge in [0.05, 0.1) is 5.92 Å². The molecule has 1 N–H and O–H groups in total. The predicted molar refractivity (Wildman–Crippen MR) is 99.1 cm³/mol. The molecule has 25 heavy (non-hydrogen) atoms. The minimum atomic E-state index is -0.703. The standard InChI is InChI=1S/C19H20Cl2N2O2/c20-14-4-5-16(17(21)11-14)18(12-15-3-1-2-8-22-15)23-9-6-13(7-10-23)19(24)25/h1-5,8,11,13,18H,6-7,9-10,12H2,(H,24,25). The molecular weight excluding hydrogens is 359 g/mol. The Morgan fingerprint density at radius 1 is 1.24 bits per heavy atom. The van der Waals surface area contributed by atoms with Crippen LogP contribution in [0.1, 0.15) is 30.1 Å². The smallest absolute Gasteiger partial charge is 0.306 e. The second-order valence-corrected chi connectivity index (χ2v) is 7.20. The number of carboxylic acids is 1. The first kappa shape index (κ1) is 18.2. The highest BCUT2D eigenvalue weighted by molar-refractivity contribution is 6.35. The Morgan fingerprint density at radius 3 is 2.60 bits per heavy atom. The monoisotopic (exact) mass is 378 g/mol. The van der Waals surface area contributed by atoms with Gasteiger partial charge in [-0.2, -0.15) is 0 Å². The Balaban J connectivity index is 1.85. The van der Waals surface area contributed by atoms with Crippen molar-refractivity contribution in [3.63, 3.8) is 0 Å². The number of carboxylic acid groups (broad SMARTS) is 1. The molecule has 1 atom stereocenters.